The number of unbranched alkanes of at least 4 members (excludes halogenated alkanes) is 2. The van der Waals surface area contributed by atoms with Crippen molar-refractivity contribution >= 4 is 23.4 Å². The third kappa shape index (κ3) is 11.7. The number of ether oxygens (including phenoxy) is 5. The average Bonchev–Trinajstić information content (AvgIpc) is 4.04. The van der Waals surface area contributed by atoms with Crippen LogP contribution in [-0.4, -0.2) is 83.1 Å². The molecule has 0 aromatic heterocycles. The second-order valence-corrected chi connectivity index (χ2v) is 21.1. The maximum absolute atomic E-state index is 15.3. The van der Waals surface area contributed by atoms with E-state index in [2.05, 4.69) is 43.0 Å². The number of aliphatic hydroxyl groups excluding tert-OH is 2. The predicted molar refractivity (Wildman–Crippen MR) is 263 cm³/mol. The summed E-state index contributed by atoms with van der Waals surface area (Å²) in [5.41, 5.74) is 3.17. The molecule has 2 saturated carbocycles. The van der Waals surface area contributed by atoms with E-state index in [1.54, 1.807) is 17.8 Å². The van der Waals surface area contributed by atoms with Crippen LogP contribution in [0.3, 0.4) is 0 Å². The van der Waals surface area contributed by atoms with Gasteiger partial charge < -0.3 is 43.6 Å². The van der Waals surface area contributed by atoms with Gasteiger partial charge in [0.05, 0.1) is 24.8 Å². The quantitative estimate of drug-likeness (QED) is 0.0410. The van der Waals surface area contributed by atoms with Crippen molar-refractivity contribution in [3.63, 3.8) is 0 Å². The van der Waals surface area contributed by atoms with E-state index in [-0.39, 0.29) is 50.3 Å². The van der Waals surface area contributed by atoms with E-state index in [4.69, 9.17) is 33.7 Å². The van der Waals surface area contributed by atoms with Crippen LogP contribution >= 0.6 is 11.8 Å². The van der Waals surface area contributed by atoms with Crippen molar-refractivity contribution in [1.29, 1.82) is 0 Å². The van der Waals surface area contributed by atoms with Crippen LogP contribution in [0.15, 0.2) is 101 Å². The molecule has 0 radical (unpaired) electrons. The number of nitrogens with zero attached hydrogens (tertiary/aromatic N) is 2. The first-order chi connectivity index (χ1) is 32.6. The molecule has 2 aliphatic heterocycles. The summed E-state index contributed by atoms with van der Waals surface area (Å²) in [6, 6.07) is 21.8. The molecule has 12 heteroatoms. The molecule has 3 aromatic rings. The van der Waals surface area contributed by atoms with E-state index in [0.717, 1.165) is 78.9 Å². The molecule has 0 bridgehead atoms. The van der Waals surface area contributed by atoms with Crippen LogP contribution in [0, 0.1) is 23.7 Å². The molecule has 8 rings (SSSR count). The molecule has 1 amide bonds. The summed E-state index contributed by atoms with van der Waals surface area (Å²) >= 11 is 1.76. The molecule has 5 aliphatic rings. The van der Waals surface area contributed by atoms with Crippen LogP contribution in [0.1, 0.15) is 121 Å². The number of thioether (sulfide) groups is 1. The van der Waals surface area contributed by atoms with Gasteiger partial charge in [0.1, 0.15) is 23.1 Å². The number of amides is 1. The zero-order chi connectivity index (χ0) is 46.8. The first kappa shape index (κ1) is 48.9. The Morgan fingerprint density at radius 3 is 2.46 bits per heavy atom. The smallest absolute Gasteiger partial charge is 0.239 e. The van der Waals surface area contributed by atoms with E-state index in [0.29, 0.717) is 62.0 Å². The summed E-state index contributed by atoms with van der Waals surface area (Å²) in [5, 5.41) is 25.1. The van der Waals surface area contributed by atoms with Crippen LogP contribution in [0.2, 0.25) is 0 Å². The Bertz CT molecular complexity index is 2190. The number of oxime groups is 1. The lowest BCUT2D eigenvalue weighted by Crippen LogP contribution is -2.70. The van der Waals surface area contributed by atoms with Gasteiger partial charge in [0.2, 0.25) is 18.5 Å². The van der Waals surface area contributed by atoms with Gasteiger partial charge in [-0.05, 0) is 124 Å². The van der Waals surface area contributed by atoms with Crippen LogP contribution in [0.4, 0.5) is 0 Å². The van der Waals surface area contributed by atoms with Gasteiger partial charge in [-0.1, -0.05) is 80.1 Å². The number of fused-ring (bicyclic) bond motifs is 3. The highest BCUT2D eigenvalue weighted by Gasteiger charge is 2.65. The second-order valence-electron chi connectivity index (χ2n) is 19.9. The summed E-state index contributed by atoms with van der Waals surface area (Å²) in [5.74, 6) is 2.45. The Balaban J connectivity index is 1.28. The minimum atomic E-state index is -1.36. The minimum Gasteiger partial charge on any atom is -0.493 e. The predicted octanol–water partition coefficient (Wildman–Crippen LogP) is 11.0. The lowest BCUT2D eigenvalue weighted by Gasteiger charge is -2.60. The maximum Gasteiger partial charge on any atom is 0.239 e. The molecule has 362 valence electrons. The Labute approximate surface area is 402 Å². The fourth-order valence-corrected chi connectivity index (χ4v) is 11.9. The van der Waals surface area contributed by atoms with Gasteiger partial charge in [0.15, 0.2) is 11.5 Å². The Kier molecular flexibility index (Phi) is 16.6. The lowest BCUT2D eigenvalue weighted by atomic mass is 9.55. The topological polar surface area (TPSA) is 129 Å². The summed E-state index contributed by atoms with van der Waals surface area (Å²) in [7, 11) is 0. The van der Waals surface area contributed by atoms with E-state index in [1.165, 1.54) is 17.7 Å². The second kappa shape index (κ2) is 22.7. The van der Waals surface area contributed by atoms with Gasteiger partial charge in [-0.15, -0.1) is 18.3 Å². The largest absolute Gasteiger partial charge is 0.493 e. The summed E-state index contributed by atoms with van der Waals surface area (Å²) < 4.78 is 32.9. The SMILES string of the molecule is C=CCO[C@@]12Oc3ccc(OCCSc4ccccc4)cc3[C@H]3[C@H](CCCCO)[C@@H](CCCCO)C=C(C(=NOC(C)(C)C)C[C@@H]1N(Cc1ccc4c(c1)OCO4)C(=O)CCC1CCCC1)[C@H]32. The number of hydrogen-bond acceptors (Lipinski definition) is 11. The first-order valence-corrected chi connectivity index (χ1v) is 25.8. The monoisotopic (exact) mass is 936 g/mol. The summed E-state index contributed by atoms with van der Waals surface area (Å²) in [6.45, 7) is 11.5. The molecular formula is C55H72N2O9S. The number of aliphatic hydroxyl groups is 2. The van der Waals surface area contributed by atoms with Gasteiger partial charge in [0.25, 0.3) is 0 Å². The van der Waals surface area contributed by atoms with Crippen LogP contribution in [-0.2, 0) is 20.9 Å². The standard InChI is InChI=1S/C55H72N2O9S/c1-5-29-64-55-50(57(51(60)26-22-38-15-9-10-16-38)36-39-21-24-48-49(32-39)63-37-62-48)35-46(56-66-54(2,3)4)44-33-40(17-11-13-27-58)43(20-12-14-28-59)52(53(44)55)45-34-41(23-25-47(45)65-55)61-30-31-67-42-18-7-6-8-19-42/h5-8,18-19,21,23-25,32-34,38,40,43,50,52-53,58-59H,1,9-17,20,22,26-31,35-37H2,2-4H3/t40-,43+,50-,52+,53+,55+/m0/s1. The third-order valence-electron chi connectivity index (χ3n) is 14.2. The molecule has 6 atom stereocenters. The molecule has 2 fully saturated rings. The van der Waals surface area contributed by atoms with Crippen molar-refractivity contribution in [3.8, 4) is 23.0 Å². The fraction of sp³-hybridized carbons (Fsp3) is 0.564. The lowest BCUT2D eigenvalue weighted by molar-refractivity contribution is -0.258. The maximum atomic E-state index is 15.3. The minimum absolute atomic E-state index is 0.0416. The highest BCUT2D eigenvalue weighted by molar-refractivity contribution is 7.99. The van der Waals surface area contributed by atoms with Crippen molar-refractivity contribution in [2.45, 2.75) is 139 Å². The van der Waals surface area contributed by atoms with Crippen molar-refractivity contribution in [2.75, 3.05) is 39.0 Å². The van der Waals surface area contributed by atoms with Gasteiger partial charge in [-0.25, -0.2) is 0 Å². The van der Waals surface area contributed by atoms with Gasteiger partial charge in [-0.3, -0.25) is 4.79 Å². The Morgan fingerprint density at radius 1 is 0.940 bits per heavy atom. The number of rotatable bonds is 23. The van der Waals surface area contributed by atoms with E-state index in [9.17, 15) is 10.2 Å². The molecule has 0 spiro atoms. The van der Waals surface area contributed by atoms with Crippen molar-refractivity contribution in [3.05, 3.63) is 102 Å². The number of carbonyl (C=O) groups is 1. The fourth-order valence-electron chi connectivity index (χ4n) is 11.1. The molecule has 3 aromatic carbocycles. The Morgan fingerprint density at radius 2 is 1.70 bits per heavy atom. The van der Waals surface area contributed by atoms with Crippen molar-refractivity contribution in [2.24, 2.45) is 28.8 Å². The number of carbonyl (C=O) groups excluding carboxylic acids is 1. The zero-order valence-electron chi connectivity index (χ0n) is 39.9. The highest BCUT2D eigenvalue weighted by atomic mass is 32.2. The molecule has 0 unspecified atom stereocenters. The van der Waals surface area contributed by atoms with E-state index < -0.39 is 23.3 Å². The van der Waals surface area contributed by atoms with Gasteiger partial charge >= 0.3 is 0 Å². The molecule has 2 heterocycles. The van der Waals surface area contributed by atoms with Crippen LogP contribution < -0.4 is 18.9 Å². The molecular weight excluding hydrogens is 865 g/mol. The molecule has 3 aliphatic carbocycles. The highest BCUT2D eigenvalue weighted by Crippen LogP contribution is 2.62. The molecule has 11 nitrogen and oxygen atoms in total. The average molecular weight is 937 g/mol. The van der Waals surface area contributed by atoms with Crippen molar-refractivity contribution < 1.29 is 43.5 Å². The van der Waals surface area contributed by atoms with Crippen molar-refractivity contribution in [1.82, 2.24) is 4.90 Å². The number of benzene rings is 3. The van der Waals surface area contributed by atoms with E-state index in [1.807, 2.05) is 62.1 Å². The number of hydrogen-bond donors (Lipinski definition) is 2. The molecule has 2 N–H and O–H groups in total. The van der Waals surface area contributed by atoms with Crippen LogP contribution in [0.25, 0.3) is 0 Å². The van der Waals surface area contributed by atoms with Gasteiger partial charge in [0, 0.05) is 54.7 Å². The van der Waals surface area contributed by atoms with Gasteiger partial charge in [-0.2, -0.15) is 0 Å². The molecule has 67 heavy (non-hydrogen) atoms. The zero-order valence-corrected chi connectivity index (χ0v) is 40.7. The third-order valence-corrected chi connectivity index (χ3v) is 15.1. The number of allylic oxidation sites excluding steroid dienone is 1. The summed E-state index contributed by atoms with van der Waals surface area (Å²) in [4.78, 5) is 24.9. The summed E-state index contributed by atoms with van der Waals surface area (Å²) in [6.07, 6.45) is 15.2. The molecule has 0 saturated heterocycles. The van der Waals surface area contributed by atoms with E-state index >= 15 is 4.79 Å². The Hall–Kier alpha value is -4.49. The first-order valence-electron chi connectivity index (χ1n) is 24.9. The van der Waals surface area contributed by atoms with Crippen LogP contribution in [0.5, 0.6) is 23.0 Å². The normalized spacial score (nSPS) is 24.6.